The SMILES string of the molecule is C[C@H](Oc1ccc([N+](=O)[O-])cc1)C(=O)Nc1ccc(S(=O)(=O)N2CCCC2)cc1. The van der Waals surface area contributed by atoms with E-state index in [0.29, 0.717) is 24.5 Å². The van der Waals surface area contributed by atoms with E-state index in [1.54, 1.807) is 6.92 Å². The first kappa shape index (κ1) is 20.7. The Bertz CT molecular complexity index is 984. The summed E-state index contributed by atoms with van der Waals surface area (Å²) < 4.78 is 32.0. The molecule has 10 heteroatoms. The average Bonchev–Trinajstić information content (AvgIpc) is 3.24. The highest BCUT2D eigenvalue weighted by molar-refractivity contribution is 7.89. The normalized spacial score (nSPS) is 15.6. The van der Waals surface area contributed by atoms with Crippen molar-refractivity contribution in [3.63, 3.8) is 0 Å². The number of amides is 1. The molecule has 1 aliphatic heterocycles. The van der Waals surface area contributed by atoms with E-state index in [1.165, 1.54) is 52.8 Å². The van der Waals surface area contributed by atoms with Crippen LogP contribution >= 0.6 is 0 Å². The van der Waals surface area contributed by atoms with E-state index in [1.807, 2.05) is 0 Å². The summed E-state index contributed by atoms with van der Waals surface area (Å²) in [5, 5.41) is 13.3. The third-order valence-electron chi connectivity index (χ3n) is 4.55. The number of hydrogen-bond acceptors (Lipinski definition) is 6. The predicted molar refractivity (Wildman–Crippen MR) is 106 cm³/mol. The number of ether oxygens (including phenoxy) is 1. The molecule has 0 saturated carbocycles. The quantitative estimate of drug-likeness (QED) is 0.544. The van der Waals surface area contributed by atoms with Crippen LogP contribution in [0, 0.1) is 10.1 Å². The number of nitro benzene ring substituents is 1. The molecule has 0 aliphatic carbocycles. The number of anilines is 1. The number of hydrogen-bond donors (Lipinski definition) is 1. The van der Waals surface area contributed by atoms with Crippen LogP contribution in [0.1, 0.15) is 19.8 Å². The molecule has 2 aromatic rings. The van der Waals surface area contributed by atoms with E-state index in [0.717, 1.165) is 12.8 Å². The summed E-state index contributed by atoms with van der Waals surface area (Å²) in [6.45, 7) is 2.60. The van der Waals surface area contributed by atoms with Crippen molar-refractivity contribution in [2.45, 2.75) is 30.8 Å². The molecule has 1 saturated heterocycles. The van der Waals surface area contributed by atoms with Crippen LogP contribution in [0.2, 0.25) is 0 Å². The first-order chi connectivity index (χ1) is 13.8. The van der Waals surface area contributed by atoms with Crippen LogP contribution in [-0.2, 0) is 14.8 Å². The van der Waals surface area contributed by atoms with Crippen LogP contribution in [0.4, 0.5) is 11.4 Å². The molecule has 1 atom stereocenters. The van der Waals surface area contributed by atoms with Gasteiger partial charge in [0.05, 0.1) is 9.82 Å². The minimum absolute atomic E-state index is 0.0709. The highest BCUT2D eigenvalue weighted by Gasteiger charge is 2.27. The first-order valence-corrected chi connectivity index (χ1v) is 10.5. The van der Waals surface area contributed by atoms with Gasteiger partial charge < -0.3 is 10.1 Å². The fourth-order valence-electron chi connectivity index (χ4n) is 2.94. The molecule has 9 nitrogen and oxygen atoms in total. The summed E-state index contributed by atoms with van der Waals surface area (Å²) in [6.07, 6.45) is 0.865. The lowest BCUT2D eigenvalue weighted by Crippen LogP contribution is -2.30. The Hall–Kier alpha value is -2.98. The standard InChI is InChI=1S/C19H21N3O6S/c1-14(28-17-8-6-16(7-9-17)22(24)25)19(23)20-15-4-10-18(11-5-15)29(26,27)21-12-2-3-13-21/h4-11,14H,2-3,12-13H2,1H3,(H,20,23)/t14-/m0/s1. The zero-order chi connectivity index (χ0) is 21.0. The number of non-ortho nitro benzene ring substituents is 1. The van der Waals surface area contributed by atoms with Gasteiger partial charge in [0.1, 0.15) is 5.75 Å². The molecule has 1 aliphatic rings. The molecule has 1 heterocycles. The Morgan fingerprint density at radius 3 is 2.24 bits per heavy atom. The summed E-state index contributed by atoms with van der Waals surface area (Å²) in [7, 11) is -3.50. The van der Waals surface area contributed by atoms with Crippen molar-refractivity contribution in [3.8, 4) is 5.75 Å². The van der Waals surface area contributed by atoms with Gasteiger partial charge in [-0.15, -0.1) is 0 Å². The van der Waals surface area contributed by atoms with Crippen molar-refractivity contribution in [2.24, 2.45) is 0 Å². The van der Waals surface area contributed by atoms with Crippen LogP contribution in [0.3, 0.4) is 0 Å². The molecular weight excluding hydrogens is 398 g/mol. The molecule has 154 valence electrons. The number of rotatable bonds is 7. The molecule has 29 heavy (non-hydrogen) atoms. The maximum absolute atomic E-state index is 12.5. The van der Waals surface area contributed by atoms with Crippen molar-refractivity contribution < 1.29 is 22.9 Å². The van der Waals surface area contributed by atoms with Crippen LogP contribution in [0.15, 0.2) is 53.4 Å². The highest BCUT2D eigenvalue weighted by atomic mass is 32.2. The summed E-state index contributed by atoms with van der Waals surface area (Å²) >= 11 is 0. The molecule has 1 fully saturated rings. The Morgan fingerprint density at radius 1 is 1.10 bits per heavy atom. The van der Waals surface area contributed by atoms with Crippen molar-refractivity contribution in [1.82, 2.24) is 4.31 Å². The van der Waals surface area contributed by atoms with E-state index in [4.69, 9.17) is 4.74 Å². The van der Waals surface area contributed by atoms with Crippen molar-refractivity contribution in [2.75, 3.05) is 18.4 Å². The van der Waals surface area contributed by atoms with Crippen molar-refractivity contribution >= 4 is 27.3 Å². The van der Waals surface area contributed by atoms with Gasteiger partial charge in [0.2, 0.25) is 10.0 Å². The van der Waals surface area contributed by atoms with E-state index >= 15 is 0 Å². The maximum Gasteiger partial charge on any atom is 0.269 e. The smallest absolute Gasteiger partial charge is 0.269 e. The Labute approximate surface area is 168 Å². The minimum atomic E-state index is -3.50. The summed E-state index contributed by atoms with van der Waals surface area (Å²) in [6, 6.07) is 11.4. The Kier molecular flexibility index (Phi) is 6.14. The molecule has 1 amide bonds. The van der Waals surface area contributed by atoms with Crippen LogP contribution in [0.5, 0.6) is 5.75 Å². The molecule has 0 aromatic heterocycles. The van der Waals surface area contributed by atoms with Crippen LogP contribution in [0.25, 0.3) is 0 Å². The number of nitrogens with zero attached hydrogens (tertiary/aromatic N) is 2. The van der Waals surface area contributed by atoms with Gasteiger partial charge in [-0.05, 0) is 56.2 Å². The number of sulfonamides is 1. The van der Waals surface area contributed by atoms with Gasteiger partial charge in [-0.25, -0.2) is 8.42 Å². The first-order valence-electron chi connectivity index (χ1n) is 9.09. The van der Waals surface area contributed by atoms with Gasteiger partial charge in [0.15, 0.2) is 6.10 Å². The van der Waals surface area contributed by atoms with Crippen LogP contribution < -0.4 is 10.1 Å². The Balaban J connectivity index is 1.60. The third kappa shape index (κ3) is 4.90. The minimum Gasteiger partial charge on any atom is -0.481 e. The van der Waals surface area contributed by atoms with Gasteiger partial charge in [0.25, 0.3) is 11.6 Å². The lowest BCUT2D eigenvalue weighted by molar-refractivity contribution is -0.384. The number of carbonyl (C=O) groups excluding carboxylic acids is 1. The summed E-state index contributed by atoms with van der Waals surface area (Å²) in [5.74, 6) is -0.108. The fourth-order valence-corrected chi connectivity index (χ4v) is 4.45. The van der Waals surface area contributed by atoms with Gasteiger partial charge in [-0.1, -0.05) is 0 Å². The monoisotopic (exact) mass is 419 g/mol. The van der Waals surface area contributed by atoms with Gasteiger partial charge in [-0.3, -0.25) is 14.9 Å². The topological polar surface area (TPSA) is 119 Å². The lowest BCUT2D eigenvalue weighted by atomic mass is 10.3. The molecule has 0 unspecified atom stereocenters. The second kappa shape index (κ2) is 8.58. The largest absolute Gasteiger partial charge is 0.481 e. The molecular formula is C19H21N3O6S. The second-order valence-electron chi connectivity index (χ2n) is 6.64. The number of carbonyl (C=O) groups is 1. The maximum atomic E-state index is 12.5. The summed E-state index contributed by atoms with van der Waals surface area (Å²) in [4.78, 5) is 22.6. The van der Waals surface area contributed by atoms with Crippen molar-refractivity contribution in [3.05, 3.63) is 58.6 Å². The number of nitrogens with one attached hydrogen (secondary N) is 1. The Morgan fingerprint density at radius 2 is 1.69 bits per heavy atom. The summed E-state index contributed by atoms with van der Waals surface area (Å²) in [5.41, 5.74) is 0.368. The van der Waals surface area contributed by atoms with Gasteiger partial charge in [0, 0.05) is 30.9 Å². The van der Waals surface area contributed by atoms with E-state index in [9.17, 15) is 23.3 Å². The lowest BCUT2D eigenvalue weighted by Gasteiger charge is -2.17. The van der Waals surface area contributed by atoms with E-state index in [2.05, 4.69) is 5.32 Å². The zero-order valence-electron chi connectivity index (χ0n) is 15.8. The van der Waals surface area contributed by atoms with Gasteiger partial charge >= 0.3 is 0 Å². The zero-order valence-corrected chi connectivity index (χ0v) is 16.6. The van der Waals surface area contributed by atoms with Crippen LogP contribution in [-0.4, -0.2) is 42.7 Å². The van der Waals surface area contributed by atoms with Crippen molar-refractivity contribution in [1.29, 1.82) is 0 Å². The molecule has 0 spiro atoms. The highest BCUT2D eigenvalue weighted by Crippen LogP contribution is 2.23. The number of nitro groups is 1. The molecule has 0 radical (unpaired) electrons. The molecule has 0 bridgehead atoms. The molecule has 2 aromatic carbocycles. The van der Waals surface area contributed by atoms with Gasteiger partial charge in [-0.2, -0.15) is 4.31 Å². The number of benzene rings is 2. The predicted octanol–water partition coefficient (Wildman–Crippen LogP) is 2.79. The van der Waals surface area contributed by atoms with E-state index in [-0.39, 0.29) is 10.6 Å². The molecule has 3 rings (SSSR count). The van der Waals surface area contributed by atoms with E-state index < -0.39 is 27.0 Å². The second-order valence-corrected chi connectivity index (χ2v) is 8.57. The average molecular weight is 419 g/mol. The fraction of sp³-hybridized carbons (Fsp3) is 0.316. The third-order valence-corrected chi connectivity index (χ3v) is 6.47. The molecule has 1 N–H and O–H groups in total.